The third-order valence-electron chi connectivity index (χ3n) is 4.25. The van der Waals surface area contributed by atoms with Gasteiger partial charge >= 0.3 is 0 Å². The van der Waals surface area contributed by atoms with Crippen molar-refractivity contribution in [2.24, 2.45) is 0 Å². The summed E-state index contributed by atoms with van der Waals surface area (Å²) in [5, 5.41) is 0. The number of rotatable bonds is 4. The van der Waals surface area contributed by atoms with E-state index in [0.29, 0.717) is 0 Å². The molecule has 0 aliphatic heterocycles. The first-order chi connectivity index (χ1) is 12.3. The molecule has 0 saturated heterocycles. The number of benzene rings is 3. The van der Waals surface area contributed by atoms with Gasteiger partial charge in [-0.25, -0.2) is 9.97 Å². The molecule has 3 heteroatoms. The highest BCUT2D eigenvalue weighted by molar-refractivity contribution is 7.98. The van der Waals surface area contributed by atoms with Crippen molar-refractivity contribution in [3.8, 4) is 33.9 Å². The van der Waals surface area contributed by atoms with Crippen molar-refractivity contribution in [3.63, 3.8) is 0 Å². The highest BCUT2D eigenvalue weighted by atomic mass is 32.2. The first-order valence-electron chi connectivity index (χ1n) is 8.26. The van der Waals surface area contributed by atoms with Crippen LogP contribution < -0.4 is 4.98 Å². The van der Waals surface area contributed by atoms with Crippen LogP contribution in [0.25, 0.3) is 33.9 Å². The molecular formula is C22H19N2S+. The molecule has 0 unspecified atom stereocenters. The topological polar surface area (TPSA) is 29.9 Å². The Bertz CT molecular complexity index is 901. The fourth-order valence-electron chi connectivity index (χ4n) is 2.95. The molecule has 1 aromatic heterocycles. The second-order valence-corrected chi connectivity index (χ2v) is 6.72. The number of H-pyrrole nitrogens is 2. The van der Waals surface area contributed by atoms with E-state index in [4.69, 9.17) is 0 Å². The minimum atomic E-state index is 1.02. The van der Waals surface area contributed by atoms with Crippen molar-refractivity contribution >= 4 is 11.8 Å². The van der Waals surface area contributed by atoms with E-state index >= 15 is 0 Å². The molecule has 0 atom stereocenters. The molecular weight excluding hydrogens is 324 g/mol. The lowest BCUT2D eigenvalue weighted by atomic mass is 10.1. The lowest BCUT2D eigenvalue weighted by Crippen LogP contribution is -2.05. The third kappa shape index (κ3) is 3.24. The molecule has 2 N–H and O–H groups in total. The van der Waals surface area contributed by atoms with Crippen LogP contribution in [0.15, 0.2) is 89.8 Å². The number of aromatic amines is 2. The van der Waals surface area contributed by atoms with Gasteiger partial charge in [-0.1, -0.05) is 60.7 Å². The minimum Gasteiger partial charge on any atom is -0.236 e. The summed E-state index contributed by atoms with van der Waals surface area (Å²) in [6, 6.07) is 29.5. The molecule has 0 aliphatic carbocycles. The SMILES string of the molecule is CSc1ccc(-c2[nH]c(-c3ccccc3)c(-c3ccccc3)[nH+]2)cc1. The zero-order chi connectivity index (χ0) is 17.1. The second kappa shape index (κ2) is 6.99. The van der Waals surface area contributed by atoms with Gasteiger partial charge in [0.1, 0.15) is 0 Å². The molecule has 0 amide bonds. The third-order valence-corrected chi connectivity index (χ3v) is 5.00. The number of aromatic nitrogens is 2. The first kappa shape index (κ1) is 15.7. The number of hydrogen-bond donors (Lipinski definition) is 1. The highest BCUT2D eigenvalue weighted by Gasteiger charge is 2.21. The molecule has 2 nitrogen and oxygen atoms in total. The Morgan fingerprint density at radius 3 is 1.88 bits per heavy atom. The molecule has 0 radical (unpaired) electrons. The standard InChI is InChI=1S/C22H18N2S/c1-25-19-14-12-18(13-15-19)22-23-20(16-8-4-2-5-9-16)21(24-22)17-10-6-3-7-11-17/h2-15H,1H3,(H,23,24)/p+1. The van der Waals surface area contributed by atoms with Crippen LogP contribution in [0.3, 0.4) is 0 Å². The fraction of sp³-hybridized carbons (Fsp3) is 0.0455. The average molecular weight is 343 g/mol. The Kier molecular flexibility index (Phi) is 4.40. The van der Waals surface area contributed by atoms with Gasteiger partial charge in [0.05, 0.1) is 5.56 Å². The number of thioether (sulfide) groups is 1. The molecule has 0 saturated carbocycles. The minimum absolute atomic E-state index is 1.02. The monoisotopic (exact) mass is 343 g/mol. The quantitative estimate of drug-likeness (QED) is 0.484. The molecule has 4 aromatic rings. The van der Waals surface area contributed by atoms with E-state index in [1.165, 1.54) is 16.0 Å². The van der Waals surface area contributed by atoms with E-state index < -0.39 is 0 Å². The Morgan fingerprint density at radius 1 is 0.680 bits per heavy atom. The zero-order valence-corrected chi connectivity index (χ0v) is 14.8. The molecule has 0 spiro atoms. The van der Waals surface area contributed by atoms with Gasteiger partial charge in [-0.2, -0.15) is 0 Å². The molecule has 25 heavy (non-hydrogen) atoms. The van der Waals surface area contributed by atoms with Crippen LogP contribution in [0.1, 0.15) is 0 Å². The summed E-state index contributed by atoms with van der Waals surface area (Å²) in [4.78, 5) is 8.44. The number of nitrogens with one attached hydrogen (secondary N) is 2. The summed E-state index contributed by atoms with van der Waals surface area (Å²) in [5.41, 5.74) is 5.71. The van der Waals surface area contributed by atoms with Gasteiger partial charge in [0.15, 0.2) is 11.4 Å². The van der Waals surface area contributed by atoms with E-state index in [1.54, 1.807) is 11.8 Å². The van der Waals surface area contributed by atoms with Crippen molar-refractivity contribution in [1.82, 2.24) is 4.98 Å². The van der Waals surface area contributed by atoms with Gasteiger partial charge in [0.25, 0.3) is 5.82 Å². The molecule has 3 aromatic carbocycles. The Balaban J connectivity index is 1.86. The van der Waals surface area contributed by atoms with Crippen LogP contribution >= 0.6 is 11.8 Å². The normalized spacial score (nSPS) is 10.8. The van der Waals surface area contributed by atoms with E-state index in [2.05, 4.69) is 89.0 Å². The van der Waals surface area contributed by atoms with Crippen LogP contribution in [0.4, 0.5) is 0 Å². The summed E-state index contributed by atoms with van der Waals surface area (Å²) in [5.74, 6) is 1.02. The maximum atomic E-state index is 3.59. The molecule has 4 rings (SSSR count). The van der Waals surface area contributed by atoms with Crippen molar-refractivity contribution in [1.29, 1.82) is 0 Å². The second-order valence-electron chi connectivity index (χ2n) is 5.84. The van der Waals surface area contributed by atoms with Gasteiger partial charge in [0, 0.05) is 16.0 Å². The van der Waals surface area contributed by atoms with Crippen LogP contribution in [-0.4, -0.2) is 11.2 Å². The lowest BCUT2D eigenvalue weighted by molar-refractivity contribution is -0.349. The van der Waals surface area contributed by atoms with E-state index in [9.17, 15) is 0 Å². The van der Waals surface area contributed by atoms with E-state index in [0.717, 1.165) is 22.8 Å². The van der Waals surface area contributed by atoms with Crippen LogP contribution in [0, 0.1) is 0 Å². The van der Waals surface area contributed by atoms with Gasteiger partial charge in [-0.05, 0) is 30.5 Å². The summed E-state index contributed by atoms with van der Waals surface area (Å²) in [7, 11) is 0. The molecule has 1 heterocycles. The highest BCUT2D eigenvalue weighted by Crippen LogP contribution is 2.30. The summed E-state index contributed by atoms with van der Waals surface area (Å²) in [6.07, 6.45) is 2.09. The largest absolute Gasteiger partial charge is 0.285 e. The molecule has 0 bridgehead atoms. The van der Waals surface area contributed by atoms with Gasteiger partial charge in [0.2, 0.25) is 0 Å². The van der Waals surface area contributed by atoms with E-state index in [-0.39, 0.29) is 0 Å². The molecule has 122 valence electrons. The summed E-state index contributed by atoms with van der Waals surface area (Å²) < 4.78 is 0. The predicted molar refractivity (Wildman–Crippen MR) is 105 cm³/mol. The Labute approximate surface area is 152 Å². The Hall–Kier alpha value is -2.78. The maximum Gasteiger partial charge on any atom is 0.285 e. The van der Waals surface area contributed by atoms with Gasteiger partial charge in [-0.3, -0.25) is 0 Å². The van der Waals surface area contributed by atoms with Crippen molar-refractivity contribution < 1.29 is 4.98 Å². The smallest absolute Gasteiger partial charge is 0.236 e. The average Bonchev–Trinajstić information content (AvgIpc) is 3.15. The summed E-state index contributed by atoms with van der Waals surface area (Å²) >= 11 is 1.75. The van der Waals surface area contributed by atoms with Gasteiger partial charge < -0.3 is 0 Å². The predicted octanol–water partition coefficient (Wildman–Crippen LogP) is 5.55. The van der Waals surface area contributed by atoms with Crippen molar-refractivity contribution in [3.05, 3.63) is 84.9 Å². The zero-order valence-electron chi connectivity index (χ0n) is 14.0. The Morgan fingerprint density at radius 2 is 1.28 bits per heavy atom. The first-order valence-corrected chi connectivity index (χ1v) is 9.48. The molecule has 0 aliphatic rings. The molecule has 0 fully saturated rings. The van der Waals surface area contributed by atoms with Crippen molar-refractivity contribution in [2.75, 3.05) is 6.26 Å². The van der Waals surface area contributed by atoms with Crippen LogP contribution in [0.2, 0.25) is 0 Å². The van der Waals surface area contributed by atoms with Crippen LogP contribution in [-0.2, 0) is 0 Å². The fourth-order valence-corrected chi connectivity index (χ4v) is 3.36. The van der Waals surface area contributed by atoms with E-state index in [1.807, 2.05) is 12.1 Å². The van der Waals surface area contributed by atoms with Crippen molar-refractivity contribution in [2.45, 2.75) is 4.90 Å². The lowest BCUT2D eigenvalue weighted by Gasteiger charge is -1.98. The number of imidazole rings is 1. The van der Waals surface area contributed by atoms with Gasteiger partial charge in [-0.15, -0.1) is 11.8 Å². The number of hydrogen-bond acceptors (Lipinski definition) is 1. The summed E-state index contributed by atoms with van der Waals surface area (Å²) in [6.45, 7) is 0. The maximum absolute atomic E-state index is 3.59. The van der Waals surface area contributed by atoms with Crippen LogP contribution in [0.5, 0.6) is 0 Å².